The first-order chi connectivity index (χ1) is 16.4. The van der Waals surface area contributed by atoms with Crippen LogP contribution in [0.25, 0.3) is 0 Å². The lowest BCUT2D eigenvalue weighted by Gasteiger charge is -2.22. The highest BCUT2D eigenvalue weighted by Gasteiger charge is 2.49. The number of nitrogens with zero attached hydrogens (tertiary/aromatic N) is 2. The molecule has 1 saturated heterocycles. The van der Waals surface area contributed by atoms with Gasteiger partial charge in [-0.1, -0.05) is 52.0 Å². The Kier molecular flexibility index (Phi) is 7.66. The molecule has 1 fully saturated rings. The Labute approximate surface area is 206 Å². The van der Waals surface area contributed by atoms with E-state index < -0.39 is 40.0 Å². The summed E-state index contributed by atoms with van der Waals surface area (Å²) >= 11 is 0. The second kappa shape index (κ2) is 10.2. The maximum Gasteiger partial charge on any atom is 0.325 e. The zero-order valence-corrected chi connectivity index (χ0v) is 21.5. The van der Waals surface area contributed by atoms with Crippen LogP contribution in [0.15, 0.2) is 53.4 Å². The molecule has 0 saturated carbocycles. The minimum Gasteiger partial charge on any atom is -0.325 e. The Balaban J connectivity index is 1.69. The molecule has 9 nitrogen and oxygen atoms in total. The van der Waals surface area contributed by atoms with Gasteiger partial charge < -0.3 is 10.6 Å². The van der Waals surface area contributed by atoms with Gasteiger partial charge in [-0.2, -0.15) is 4.31 Å². The molecule has 2 N–H and O–H groups in total. The second-order valence-electron chi connectivity index (χ2n) is 8.89. The van der Waals surface area contributed by atoms with E-state index in [1.54, 1.807) is 20.8 Å². The van der Waals surface area contributed by atoms with Crippen LogP contribution in [0.1, 0.15) is 51.7 Å². The van der Waals surface area contributed by atoms with E-state index in [-0.39, 0.29) is 4.90 Å². The van der Waals surface area contributed by atoms with E-state index in [0.717, 1.165) is 10.5 Å². The molecule has 2 aromatic carbocycles. The number of rotatable bonds is 9. The molecule has 188 valence electrons. The molecular weight excluding hydrogens is 468 g/mol. The number of anilines is 1. The number of benzene rings is 2. The molecule has 1 aliphatic rings. The van der Waals surface area contributed by atoms with Crippen LogP contribution in [0.4, 0.5) is 10.5 Å². The van der Waals surface area contributed by atoms with Crippen LogP contribution >= 0.6 is 0 Å². The maximum absolute atomic E-state index is 13.1. The van der Waals surface area contributed by atoms with E-state index in [1.165, 1.54) is 28.6 Å². The van der Waals surface area contributed by atoms with E-state index in [9.17, 15) is 22.8 Å². The highest BCUT2D eigenvalue weighted by Crippen LogP contribution is 2.30. The number of amides is 4. The van der Waals surface area contributed by atoms with Crippen molar-refractivity contribution in [2.24, 2.45) is 0 Å². The fourth-order valence-electron chi connectivity index (χ4n) is 4.00. The molecule has 0 radical (unpaired) electrons. The largest absolute Gasteiger partial charge is 0.325 e. The van der Waals surface area contributed by atoms with Crippen LogP contribution in [-0.2, 0) is 25.2 Å². The summed E-state index contributed by atoms with van der Waals surface area (Å²) in [5.41, 5.74) is 0.829. The number of carbonyl (C=O) groups is 3. The molecule has 35 heavy (non-hydrogen) atoms. The fourth-order valence-corrected chi connectivity index (χ4v) is 5.46. The lowest BCUT2D eigenvalue weighted by Crippen LogP contribution is -2.42. The van der Waals surface area contributed by atoms with Gasteiger partial charge in [0.2, 0.25) is 15.9 Å². The Hall–Kier alpha value is -3.24. The first-order valence-electron chi connectivity index (χ1n) is 11.6. The van der Waals surface area contributed by atoms with Crippen LogP contribution in [0, 0.1) is 0 Å². The molecule has 0 bridgehead atoms. The molecule has 4 amide bonds. The summed E-state index contributed by atoms with van der Waals surface area (Å²) in [6.07, 6.45) is 0. The number of sulfonamides is 1. The van der Waals surface area contributed by atoms with Crippen LogP contribution in [-0.4, -0.2) is 55.1 Å². The van der Waals surface area contributed by atoms with Crippen LogP contribution < -0.4 is 10.6 Å². The van der Waals surface area contributed by atoms with E-state index in [1.807, 2.05) is 24.3 Å². The van der Waals surface area contributed by atoms with Gasteiger partial charge in [0.15, 0.2) is 0 Å². The third kappa shape index (κ3) is 5.23. The topological polar surface area (TPSA) is 116 Å². The van der Waals surface area contributed by atoms with Gasteiger partial charge in [-0.15, -0.1) is 0 Å². The molecule has 0 unspecified atom stereocenters. The number of urea groups is 1. The molecule has 1 aliphatic heterocycles. The third-order valence-corrected chi connectivity index (χ3v) is 8.28. The van der Waals surface area contributed by atoms with Crippen molar-refractivity contribution in [2.75, 3.05) is 25.0 Å². The van der Waals surface area contributed by atoms with Crippen molar-refractivity contribution in [2.45, 2.75) is 51.0 Å². The van der Waals surface area contributed by atoms with Crippen molar-refractivity contribution in [3.63, 3.8) is 0 Å². The number of carbonyl (C=O) groups excluding carboxylic acids is 3. The van der Waals surface area contributed by atoms with Gasteiger partial charge in [-0.05, 0) is 48.2 Å². The Morgan fingerprint density at radius 1 is 1.03 bits per heavy atom. The number of imide groups is 1. The average molecular weight is 501 g/mol. The molecule has 0 aliphatic carbocycles. The smallest absolute Gasteiger partial charge is 0.325 e. The standard InChI is InChI=1S/C25H32N4O5S/c1-6-28(7-2)35(33,34)21-14-12-20(13-15-21)26-22(30)16-29-23(31)25(5,27-24(29)32)19-10-8-18(9-11-19)17(3)4/h8-15,17H,6-7,16H2,1-5H3,(H,26,30)(H,27,32)/t25-/m1/s1. The van der Waals surface area contributed by atoms with Gasteiger partial charge in [0, 0.05) is 18.8 Å². The maximum atomic E-state index is 13.1. The van der Waals surface area contributed by atoms with Crippen molar-refractivity contribution in [3.05, 3.63) is 59.7 Å². The van der Waals surface area contributed by atoms with E-state index in [4.69, 9.17) is 0 Å². The molecule has 3 rings (SSSR count). The second-order valence-corrected chi connectivity index (χ2v) is 10.8. The quantitative estimate of drug-likeness (QED) is 0.513. The lowest BCUT2D eigenvalue weighted by atomic mass is 9.90. The van der Waals surface area contributed by atoms with Gasteiger partial charge in [-0.3, -0.25) is 14.5 Å². The molecular formula is C25H32N4O5S. The third-order valence-electron chi connectivity index (χ3n) is 6.21. The molecule has 2 aromatic rings. The predicted molar refractivity (Wildman–Crippen MR) is 133 cm³/mol. The molecule has 0 spiro atoms. The SMILES string of the molecule is CCN(CC)S(=O)(=O)c1ccc(NC(=O)CN2C(=O)N[C@](C)(c3ccc(C(C)C)cc3)C2=O)cc1. The summed E-state index contributed by atoms with van der Waals surface area (Å²) in [4.78, 5) is 39.3. The monoisotopic (exact) mass is 500 g/mol. The van der Waals surface area contributed by atoms with Crippen LogP contribution in [0.2, 0.25) is 0 Å². The molecule has 1 atom stereocenters. The average Bonchev–Trinajstić information content (AvgIpc) is 3.04. The minimum absolute atomic E-state index is 0.118. The van der Waals surface area contributed by atoms with Crippen LogP contribution in [0.5, 0.6) is 0 Å². The van der Waals surface area contributed by atoms with Gasteiger partial charge in [0.05, 0.1) is 4.90 Å². The number of hydrogen-bond acceptors (Lipinski definition) is 5. The van der Waals surface area contributed by atoms with E-state index in [0.29, 0.717) is 30.3 Å². The van der Waals surface area contributed by atoms with Crippen molar-refractivity contribution >= 4 is 33.6 Å². The minimum atomic E-state index is -3.61. The first kappa shape index (κ1) is 26.4. The Morgan fingerprint density at radius 3 is 2.11 bits per heavy atom. The summed E-state index contributed by atoms with van der Waals surface area (Å²) in [6, 6.07) is 12.6. The number of nitrogens with one attached hydrogen (secondary N) is 2. The summed E-state index contributed by atoms with van der Waals surface area (Å²) in [7, 11) is -3.61. The molecule has 10 heteroatoms. The van der Waals surface area contributed by atoms with Crippen molar-refractivity contribution < 1.29 is 22.8 Å². The zero-order chi connectivity index (χ0) is 26.0. The highest BCUT2D eigenvalue weighted by molar-refractivity contribution is 7.89. The van der Waals surface area contributed by atoms with E-state index >= 15 is 0 Å². The zero-order valence-electron chi connectivity index (χ0n) is 20.7. The van der Waals surface area contributed by atoms with Gasteiger partial charge in [0.1, 0.15) is 12.1 Å². The fraction of sp³-hybridized carbons (Fsp3) is 0.400. The molecule has 0 aromatic heterocycles. The predicted octanol–water partition coefficient (Wildman–Crippen LogP) is 3.25. The van der Waals surface area contributed by atoms with Crippen LogP contribution in [0.3, 0.4) is 0 Å². The number of hydrogen-bond donors (Lipinski definition) is 2. The lowest BCUT2D eigenvalue weighted by molar-refractivity contribution is -0.133. The summed E-state index contributed by atoms with van der Waals surface area (Å²) in [6.45, 7) is 9.50. The van der Waals surface area contributed by atoms with Crippen molar-refractivity contribution in [1.82, 2.24) is 14.5 Å². The van der Waals surface area contributed by atoms with Gasteiger partial charge >= 0.3 is 6.03 Å². The van der Waals surface area contributed by atoms with Crippen molar-refractivity contribution in [3.8, 4) is 0 Å². The summed E-state index contributed by atoms with van der Waals surface area (Å²) in [5.74, 6) is -0.764. The molecule has 1 heterocycles. The summed E-state index contributed by atoms with van der Waals surface area (Å²) in [5, 5.41) is 5.31. The Morgan fingerprint density at radius 2 is 1.60 bits per heavy atom. The first-order valence-corrected chi connectivity index (χ1v) is 13.0. The van der Waals surface area contributed by atoms with E-state index in [2.05, 4.69) is 24.5 Å². The van der Waals surface area contributed by atoms with Gasteiger partial charge in [0.25, 0.3) is 5.91 Å². The van der Waals surface area contributed by atoms with Crippen molar-refractivity contribution in [1.29, 1.82) is 0 Å². The summed E-state index contributed by atoms with van der Waals surface area (Å²) < 4.78 is 26.6. The highest BCUT2D eigenvalue weighted by atomic mass is 32.2. The van der Waals surface area contributed by atoms with Gasteiger partial charge in [-0.25, -0.2) is 13.2 Å². The Bertz CT molecular complexity index is 1210. The normalized spacial score (nSPS) is 18.3.